The first-order valence-corrected chi connectivity index (χ1v) is 15.3. The van der Waals surface area contributed by atoms with Crippen LogP contribution in [0.1, 0.15) is 5.56 Å². The Morgan fingerprint density at radius 1 is 0.632 bits per heavy atom. The van der Waals surface area contributed by atoms with Crippen LogP contribution in [0, 0.1) is 17.9 Å². The molecule has 0 fully saturated rings. The molecule has 0 bridgehead atoms. The van der Waals surface area contributed by atoms with E-state index in [-0.39, 0.29) is 0 Å². The van der Waals surface area contributed by atoms with E-state index < -0.39 is 7.14 Å². The molecular weight excluding hydrogens is 523 g/mol. The monoisotopic (exact) mass is 540 g/mol. The van der Waals surface area contributed by atoms with Crippen LogP contribution in [0.25, 0.3) is 45.2 Å². The lowest BCUT2D eigenvalue weighted by molar-refractivity contribution is 0.592. The summed E-state index contributed by atoms with van der Waals surface area (Å²) < 4.78 is 19.8. The summed E-state index contributed by atoms with van der Waals surface area (Å²) in [5, 5.41) is 15.8. The Kier molecular flexibility index (Phi) is 5.22. The molecule has 2 aromatic heterocycles. The molecule has 0 N–H and O–H groups in total. The van der Waals surface area contributed by atoms with Gasteiger partial charge in [0.1, 0.15) is 0 Å². The molecule has 1 unspecified atom stereocenters. The number of rotatable bonds is 3. The van der Waals surface area contributed by atoms with Crippen LogP contribution in [0.5, 0.6) is 0 Å². The van der Waals surface area contributed by atoms with Gasteiger partial charge in [-0.25, -0.2) is 4.85 Å². The van der Waals surface area contributed by atoms with Crippen LogP contribution in [-0.4, -0.2) is 0 Å². The molecule has 0 amide bonds. The fourth-order valence-corrected chi connectivity index (χ4v) is 9.95. The van der Waals surface area contributed by atoms with Crippen molar-refractivity contribution in [2.75, 3.05) is 0 Å². The third-order valence-corrected chi connectivity index (χ3v) is 12.3. The number of fused-ring (bicyclic) bond motifs is 6. The third-order valence-electron chi connectivity index (χ3n) is 6.99. The molecule has 6 heteroatoms. The molecule has 7 rings (SSSR count). The molecule has 0 saturated carbocycles. The Morgan fingerprint density at radius 3 is 1.74 bits per heavy atom. The normalized spacial score (nSPS) is 13.0. The molecule has 0 aliphatic heterocycles. The number of hydrogen-bond donors (Lipinski definition) is 0. The quantitative estimate of drug-likeness (QED) is 0.167. The van der Waals surface area contributed by atoms with Gasteiger partial charge in [-0.2, -0.15) is 5.26 Å². The number of hydrogen-bond acceptors (Lipinski definition) is 4. The van der Waals surface area contributed by atoms with Gasteiger partial charge in [0.15, 0.2) is 12.8 Å². The van der Waals surface area contributed by atoms with E-state index in [2.05, 4.69) is 35.2 Å². The molecule has 0 radical (unpaired) electrons. The summed E-state index contributed by atoms with van der Waals surface area (Å²) in [6.07, 6.45) is 0. The van der Waals surface area contributed by atoms with Gasteiger partial charge < -0.3 is 4.57 Å². The first-order valence-electron chi connectivity index (χ1n) is 12.0. The van der Waals surface area contributed by atoms with Crippen LogP contribution >= 0.6 is 29.8 Å². The lowest BCUT2D eigenvalue weighted by atomic mass is 10.1. The van der Waals surface area contributed by atoms with E-state index >= 15 is 4.57 Å². The zero-order valence-corrected chi connectivity index (χ0v) is 22.4. The van der Waals surface area contributed by atoms with Crippen LogP contribution in [0.3, 0.4) is 0 Å². The predicted molar refractivity (Wildman–Crippen MR) is 163 cm³/mol. The Balaban J connectivity index is 1.52. The summed E-state index contributed by atoms with van der Waals surface area (Å²) in [6, 6.07) is 35.6. The van der Waals surface area contributed by atoms with Gasteiger partial charge in [0.2, 0.25) is 0 Å². The van der Waals surface area contributed by atoms with Gasteiger partial charge in [-0.3, -0.25) is 0 Å². The third kappa shape index (κ3) is 3.42. The maximum absolute atomic E-state index is 15.4. The average molecular weight is 541 g/mol. The minimum Gasteiger partial charge on any atom is -0.309 e. The zero-order chi connectivity index (χ0) is 25.9. The number of benzene rings is 5. The molecule has 3 nitrogen and oxygen atoms in total. The molecule has 178 valence electrons. The molecule has 0 spiro atoms. The fourth-order valence-electron chi connectivity index (χ4n) is 5.13. The lowest BCUT2D eigenvalue weighted by Gasteiger charge is -2.20. The maximum Gasteiger partial charge on any atom is 0.187 e. The van der Waals surface area contributed by atoms with Crippen molar-refractivity contribution < 1.29 is 4.57 Å². The van der Waals surface area contributed by atoms with Gasteiger partial charge in [0.05, 0.1) is 18.2 Å². The molecule has 0 saturated heterocycles. The van der Waals surface area contributed by atoms with Crippen molar-refractivity contribution in [3.63, 3.8) is 0 Å². The number of nitrogens with zero attached hydrogens (tertiary/aromatic N) is 2. The largest absolute Gasteiger partial charge is 0.309 e. The van der Waals surface area contributed by atoms with Crippen LogP contribution in [0.2, 0.25) is 0 Å². The highest BCUT2D eigenvalue weighted by Gasteiger charge is 2.31. The lowest BCUT2D eigenvalue weighted by Crippen LogP contribution is -2.24. The van der Waals surface area contributed by atoms with Crippen molar-refractivity contribution in [2.24, 2.45) is 0 Å². The van der Waals surface area contributed by atoms with E-state index in [1.165, 1.54) is 0 Å². The highest BCUT2D eigenvalue weighted by atomic mass is 32.1. The van der Waals surface area contributed by atoms with Gasteiger partial charge in [0.25, 0.3) is 0 Å². The van der Waals surface area contributed by atoms with Gasteiger partial charge in [-0.15, -0.1) is 22.7 Å². The topological polar surface area (TPSA) is 45.2 Å². The van der Waals surface area contributed by atoms with Crippen molar-refractivity contribution in [3.05, 3.63) is 120 Å². The van der Waals surface area contributed by atoms with E-state index in [1.807, 2.05) is 78.9 Å². The number of nitriles is 1. The fraction of sp³-hybridized carbons (Fsp3) is 0. The van der Waals surface area contributed by atoms with Crippen molar-refractivity contribution in [2.45, 2.75) is 0 Å². The van der Waals surface area contributed by atoms with Crippen LogP contribution < -0.4 is 15.9 Å². The first kappa shape index (κ1) is 22.9. The average Bonchev–Trinajstić information content (AvgIpc) is 3.53. The first-order chi connectivity index (χ1) is 18.6. The second-order valence-corrected chi connectivity index (χ2v) is 14.1. The highest BCUT2D eigenvalue weighted by molar-refractivity contribution is 7.85. The Bertz CT molecular complexity index is 2060. The van der Waals surface area contributed by atoms with Gasteiger partial charge in [-0.1, -0.05) is 42.5 Å². The van der Waals surface area contributed by atoms with Crippen molar-refractivity contribution in [1.29, 1.82) is 5.26 Å². The van der Waals surface area contributed by atoms with Crippen LogP contribution in [0.15, 0.2) is 103 Å². The van der Waals surface area contributed by atoms with E-state index in [0.717, 1.165) is 56.3 Å². The van der Waals surface area contributed by atoms with E-state index in [4.69, 9.17) is 6.57 Å². The molecule has 1 atom stereocenters. The molecule has 5 aromatic carbocycles. The minimum atomic E-state index is -3.25. The smallest absolute Gasteiger partial charge is 0.187 e. The van der Waals surface area contributed by atoms with E-state index in [9.17, 15) is 5.26 Å². The Labute approximate surface area is 227 Å². The predicted octanol–water partition coefficient (Wildman–Crippen LogP) is 8.48. The number of thiophene rings is 2. The Hall–Kier alpha value is -4.25. The molecule has 0 aliphatic rings. The minimum absolute atomic E-state index is 0.598. The van der Waals surface area contributed by atoms with Gasteiger partial charge in [0, 0.05) is 45.5 Å². The zero-order valence-electron chi connectivity index (χ0n) is 19.9. The van der Waals surface area contributed by atoms with Gasteiger partial charge >= 0.3 is 0 Å². The summed E-state index contributed by atoms with van der Waals surface area (Å²) >= 11 is 3.36. The van der Waals surface area contributed by atoms with Crippen LogP contribution in [-0.2, 0) is 4.57 Å². The van der Waals surface area contributed by atoms with Crippen LogP contribution in [0.4, 0.5) is 5.69 Å². The maximum atomic E-state index is 15.4. The molecule has 2 heterocycles. The summed E-state index contributed by atoms with van der Waals surface area (Å²) in [4.78, 5) is 3.62. The summed E-state index contributed by atoms with van der Waals surface area (Å²) in [5.74, 6) is 0. The highest BCUT2D eigenvalue weighted by Crippen LogP contribution is 2.46. The molecule has 7 aromatic rings. The Morgan fingerprint density at radius 2 is 1.16 bits per heavy atom. The van der Waals surface area contributed by atoms with E-state index in [0.29, 0.717) is 11.3 Å². The molecular formula is C32H17N2OPS2. The standard InChI is InChI=1S/C32H17N2OPS2/c1-34-21-8-12-30-26(16-21)28-18-24(10-14-32(28)38-30)36(35,22-5-3-2-4-6-22)23-9-13-31-27(17-23)25-15-20(19-33)7-11-29(25)37-31/h2-18H. The van der Waals surface area contributed by atoms with Crippen molar-refractivity contribution in [3.8, 4) is 6.07 Å². The second kappa shape index (κ2) is 8.66. The van der Waals surface area contributed by atoms with Crippen molar-refractivity contribution >= 4 is 91.8 Å². The van der Waals surface area contributed by atoms with Crippen molar-refractivity contribution in [1.82, 2.24) is 0 Å². The second-order valence-electron chi connectivity index (χ2n) is 9.12. The molecule has 38 heavy (non-hydrogen) atoms. The molecule has 0 aliphatic carbocycles. The summed E-state index contributed by atoms with van der Waals surface area (Å²) in [7, 11) is -3.25. The van der Waals surface area contributed by atoms with Gasteiger partial charge in [-0.05, 0) is 71.4 Å². The SMILES string of the molecule is [C-]#[N+]c1ccc2sc3ccc(P(=O)(c4ccccc4)c4ccc5sc6ccc(C#N)cc6c5c4)cc3c2c1. The summed E-state index contributed by atoms with van der Waals surface area (Å²) in [6.45, 7) is 7.45. The van der Waals surface area contributed by atoms with E-state index in [1.54, 1.807) is 22.7 Å². The summed E-state index contributed by atoms with van der Waals surface area (Å²) in [5.41, 5.74) is 1.21.